The summed E-state index contributed by atoms with van der Waals surface area (Å²) in [6.45, 7) is 0. The van der Waals surface area contributed by atoms with Crippen LogP contribution in [0, 0.1) is 0 Å². The minimum Gasteiger partial charge on any atom is -0.313 e. The van der Waals surface area contributed by atoms with E-state index in [4.69, 9.17) is 10.6 Å². The molecule has 0 aliphatic heterocycles. The number of nitrogens with two attached hydrogens (primary N) is 2. The van der Waals surface area contributed by atoms with E-state index in [2.05, 4.69) is 21.8 Å². The second kappa shape index (κ2) is 11.4. The van der Waals surface area contributed by atoms with Crippen molar-refractivity contribution in [2.75, 3.05) is 12.1 Å². The first-order valence-corrected chi connectivity index (χ1v) is 8.02. The average Bonchev–Trinajstić information content (AvgIpc) is 2.60. The Morgan fingerprint density at radius 3 is 2.22 bits per heavy atom. The van der Waals surface area contributed by atoms with Gasteiger partial charge in [-0.3, -0.25) is 10.2 Å². The van der Waals surface area contributed by atoms with Crippen LogP contribution in [-0.4, -0.2) is 13.5 Å². The van der Waals surface area contributed by atoms with Crippen molar-refractivity contribution in [1.29, 1.82) is 0 Å². The molecule has 0 atom stereocenters. The van der Waals surface area contributed by atoms with Crippen LogP contribution >= 0.6 is 15.9 Å². The molecule has 2 aromatic rings. The summed E-state index contributed by atoms with van der Waals surface area (Å²) >= 11 is 3.39. The number of alkyl halides is 3. The average molecular weight is 447 g/mol. The predicted molar refractivity (Wildman–Crippen MR) is 107 cm³/mol. The first kappa shape index (κ1) is 24.6. The molecular weight excluding hydrogens is 425 g/mol. The second-order valence-corrected chi connectivity index (χ2v) is 5.84. The van der Waals surface area contributed by atoms with E-state index < -0.39 is 11.7 Å². The fourth-order valence-electron chi connectivity index (χ4n) is 2.07. The first-order chi connectivity index (χ1) is 12.2. The highest BCUT2D eigenvalue weighted by atomic mass is 79.9. The predicted octanol–water partition coefficient (Wildman–Crippen LogP) is 4.19. The summed E-state index contributed by atoms with van der Waals surface area (Å²) < 4.78 is 39.7. The molecular formula is C18H22BrF3N4O. The van der Waals surface area contributed by atoms with Crippen molar-refractivity contribution < 1.29 is 18.0 Å². The number of hydrogen-bond donors (Lipinski definition) is 3. The van der Waals surface area contributed by atoms with Gasteiger partial charge in [0.2, 0.25) is 6.41 Å². The van der Waals surface area contributed by atoms with Gasteiger partial charge < -0.3 is 5.01 Å². The van der Waals surface area contributed by atoms with Gasteiger partial charge in [-0.05, 0) is 23.8 Å². The first-order valence-electron chi connectivity index (χ1n) is 7.23. The standard InChI is InChI=1S/C16H14BrF3N2.CH4N2O.CH4/c1-22(21)15-8-4-7-14(17)12(15)10-9-11-5-2-3-6-13(11)16(18,19)20;2-3-1-4;/h2-10H,21H2,1H3;1H,2H2,(H,3,4);1H4/b10-9+;;. The molecule has 0 aromatic heterocycles. The lowest BCUT2D eigenvalue weighted by Crippen LogP contribution is -2.25. The molecule has 1 amide bonds. The lowest BCUT2D eigenvalue weighted by atomic mass is 10.0. The van der Waals surface area contributed by atoms with Crippen molar-refractivity contribution in [3.05, 3.63) is 63.6 Å². The zero-order chi connectivity index (χ0) is 19.7. The number of nitrogens with one attached hydrogen (secondary N) is 1. The van der Waals surface area contributed by atoms with Crippen molar-refractivity contribution in [2.24, 2.45) is 11.7 Å². The van der Waals surface area contributed by atoms with Gasteiger partial charge in [0.1, 0.15) is 0 Å². The van der Waals surface area contributed by atoms with Gasteiger partial charge >= 0.3 is 6.18 Å². The Kier molecular flexibility index (Phi) is 10.4. The van der Waals surface area contributed by atoms with Gasteiger partial charge in [-0.15, -0.1) is 0 Å². The SMILES string of the molecule is C.CN(N)c1cccc(Br)c1/C=C/c1ccccc1C(F)(F)F.NNC=O. The van der Waals surface area contributed by atoms with Crippen LogP contribution in [0.1, 0.15) is 24.1 Å². The maximum atomic E-state index is 13.0. The normalized spacial score (nSPS) is 10.5. The minimum atomic E-state index is -4.39. The van der Waals surface area contributed by atoms with E-state index in [1.54, 1.807) is 30.7 Å². The van der Waals surface area contributed by atoms with Crippen LogP contribution in [0.3, 0.4) is 0 Å². The Morgan fingerprint density at radius 2 is 1.70 bits per heavy atom. The molecule has 0 saturated heterocycles. The van der Waals surface area contributed by atoms with Crippen molar-refractivity contribution in [1.82, 2.24) is 5.43 Å². The fraction of sp³-hybridized carbons (Fsp3) is 0.167. The van der Waals surface area contributed by atoms with Crippen molar-refractivity contribution >= 4 is 40.2 Å². The number of benzene rings is 2. The summed E-state index contributed by atoms with van der Waals surface area (Å²) in [5, 5.41) is 1.42. The highest BCUT2D eigenvalue weighted by molar-refractivity contribution is 9.10. The summed E-state index contributed by atoms with van der Waals surface area (Å²) in [4.78, 5) is 8.94. The van der Waals surface area contributed by atoms with Gasteiger partial charge in [0.15, 0.2) is 0 Å². The number of nitrogens with zero attached hydrogens (tertiary/aromatic N) is 1. The Morgan fingerprint density at radius 1 is 1.11 bits per heavy atom. The quantitative estimate of drug-likeness (QED) is 0.216. The fourth-order valence-corrected chi connectivity index (χ4v) is 2.56. The Hall–Kier alpha value is -2.36. The number of hydrogen-bond acceptors (Lipinski definition) is 4. The smallest absolute Gasteiger partial charge is 0.313 e. The van der Waals surface area contributed by atoms with Crippen molar-refractivity contribution in [2.45, 2.75) is 13.6 Å². The van der Waals surface area contributed by atoms with Crippen LogP contribution in [0.2, 0.25) is 0 Å². The number of carbonyl (C=O) groups is 1. The molecule has 0 unspecified atom stereocenters. The second-order valence-electron chi connectivity index (χ2n) is 4.99. The van der Waals surface area contributed by atoms with Gasteiger partial charge in [0.25, 0.3) is 0 Å². The summed E-state index contributed by atoms with van der Waals surface area (Å²) in [6.07, 6.45) is -0.925. The van der Waals surface area contributed by atoms with E-state index in [1.165, 1.54) is 23.2 Å². The molecule has 0 bridgehead atoms. The van der Waals surface area contributed by atoms with Gasteiger partial charge in [-0.2, -0.15) is 13.2 Å². The van der Waals surface area contributed by atoms with Crippen LogP contribution in [-0.2, 0) is 11.0 Å². The summed E-state index contributed by atoms with van der Waals surface area (Å²) in [6, 6.07) is 10.9. The molecule has 2 rings (SSSR count). The van der Waals surface area contributed by atoms with E-state index in [1.807, 2.05) is 12.1 Å². The molecule has 0 radical (unpaired) electrons. The maximum Gasteiger partial charge on any atom is 0.416 e. The lowest BCUT2D eigenvalue weighted by molar-refractivity contribution is -0.137. The number of halogens is 4. The van der Waals surface area contributed by atoms with Gasteiger partial charge in [-0.1, -0.05) is 59.8 Å². The number of amides is 1. The highest BCUT2D eigenvalue weighted by Gasteiger charge is 2.32. The van der Waals surface area contributed by atoms with E-state index in [0.29, 0.717) is 17.7 Å². The molecule has 0 aliphatic rings. The van der Waals surface area contributed by atoms with Crippen LogP contribution in [0.15, 0.2) is 46.9 Å². The molecule has 5 N–H and O–H groups in total. The zero-order valence-corrected chi connectivity index (χ0v) is 15.4. The van der Waals surface area contributed by atoms with Gasteiger partial charge in [0, 0.05) is 17.1 Å². The summed E-state index contributed by atoms with van der Waals surface area (Å²) in [5.74, 6) is 10.2. The largest absolute Gasteiger partial charge is 0.416 e. The Bertz CT molecular complexity index is 765. The number of carbonyl (C=O) groups excluding carboxylic acids is 1. The van der Waals surface area contributed by atoms with Gasteiger partial charge in [0.05, 0.1) is 11.3 Å². The lowest BCUT2D eigenvalue weighted by Gasteiger charge is -2.16. The van der Waals surface area contributed by atoms with E-state index in [9.17, 15) is 13.2 Å². The van der Waals surface area contributed by atoms with Crippen LogP contribution in [0.25, 0.3) is 12.2 Å². The molecule has 0 heterocycles. The summed E-state index contributed by atoms with van der Waals surface area (Å²) in [5.41, 5.74) is 2.61. The van der Waals surface area contributed by atoms with E-state index >= 15 is 0 Å². The molecule has 0 fully saturated rings. The van der Waals surface area contributed by atoms with Crippen LogP contribution < -0.4 is 22.1 Å². The third-order valence-electron chi connectivity index (χ3n) is 3.17. The van der Waals surface area contributed by atoms with E-state index in [-0.39, 0.29) is 13.0 Å². The molecule has 9 heteroatoms. The maximum absolute atomic E-state index is 13.0. The number of rotatable bonds is 4. The Balaban J connectivity index is 0.00000123. The zero-order valence-electron chi connectivity index (χ0n) is 13.8. The topological polar surface area (TPSA) is 84.4 Å². The van der Waals surface area contributed by atoms with Crippen LogP contribution in [0.5, 0.6) is 0 Å². The Labute approximate surface area is 164 Å². The third kappa shape index (κ3) is 7.41. The third-order valence-corrected chi connectivity index (χ3v) is 3.87. The highest BCUT2D eigenvalue weighted by Crippen LogP contribution is 2.34. The minimum absolute atomic E-state index is 0. The molecule has 0 aliphatic carbocycles. The summed E-state index contributed by atoms with van der Waals surface area (Å²) in [7, 11) is 1.67. The molecule has 148 valence electrons. The van der Waals surface area contributed by atoms with Crippen LogP contribution in [0.4, 0.5) is 18.9 Å². The van der Waals surface area contributed by atoms with Crippen molar-refractivity contribution in [3.63, 3.8) is 0 Å². The van der Waals surface area contributed by atoms with Crippen molar-refractivity contribution in [3.8, 4) is 0 Å². The van der Waals surface area contributed by atoms with E-state index in [0.717, 1.165) is 10.5 Å². The monoisotopic (exact) mass is 446 g/mol. The molecule has 0 spiro atoms. The number of anilines is 1. The molecule has 2 aromatic carbocycles. The molecule has 5 nitrogen and oxygen atoms in total. The molecule has 0 saturated carbocycles. The number of hydrazine groups is 2. The molecule has 27 heavy (non-hydrogen) atoms. The van der Waals surface area contributed by atoms with Gasteiger partial charge in [-0.25, -0.2) is 11.7 Å².